The summed E-state index contributed by atoms with van der Waals surface area (Å²) in [6.07, 6.45) is 1.89. The zero-order valence-corrected chi connectivity index (χ0v) is 19.3. The highest BCUT2D eigenvalue weighted by atomic mass is 35.5. The van der Waals surface area contributed by atoms with Crippen LogP contribution in [0.15, 0.2) is 42.4 Å². The van der Waals surface area contributed by atoms with Crippen molar-refractivity contribution >= 4 is 56.6 Å². The second-order valence-corrected chi connectivity index (χ2v) is 9.38. The van der Waals surface area contributed by atoms with E-state index in [4.69, 9.17) is 27.9 Å². The predicted molar refractivity (Wildman–Crippen MR) is 127 cm³/mol. The lowest BCUT2D eigenvalue weighted by atomic mass is 9.99. The summed E-state index contributed by atoms with van der Waals surface area (Å²) in [4.78, 5) is 33.5. The summed E-state index contributed by atoms with van der Waals surface area (Å²) in [6, 6.07) is 7.32. The summed E-state index contributed by atoms with van der Waals surface area (Å²) < 4.78 is 7.05. The highest BCUT2D eigenvalue weighted by Crippen LogP contribution is 2.46. The van der Waals surface area contributed by atoms with E-state index in [1.807, 2.05) is 18.2 Å². The summed E-state index contributed by atoms with van der Waals surface area (Å²) in [7, 11) is 0. The van der Waals surface area contributed by atoms with Gasteiger partial charge in [0, 0.05) is 37.2 Å². The topological polar surface area (TPSA) is 62.7 Å². The fraction of sp³-hybridized carbons (Fsp3) is 0.261. The SMILES string of the molecule is C=CC(=O)N1CCN2C(=O)c3cc(Cl)c(-c4cccc5scnc45)c(Cl)c3OCCC2C1. The number of carbonyl (C=O) groups is 2. The molecule has 1 fully saturated rings. The van der Waals surface area contributed by atoms with Gasteiger partial charge in [0.25, 0.3) is 5.91 Å². The number of nitrogens with zero attached hydrogens (tertiary/aromatic N) is 3. The molecule has 1 atom stereocenters. The Balaban J connectivity index is 1.57. The Kier molecular flexibility index (Phi) is 5.57. The number of fused-ring (bicyclic) bond motifs is 3. The lowest BCUT2D eigenvalue weighted by Crippen LogP contribution is -2.57. The molecule has 0 radical (unpaired) electrons. The molecule has 5 rings (SSSR count). The Morgan fingerprint density at radius 1 is 1.28 bits per heavy atom. The molecule has 9 heteroatoms. The van der Waals surface area contributed by atoms with Crippen LogP contribution in [0.25, 0.3) is 21.3 Å². The van der Waals surface area contributed by atoms with Crippen LogP contribution in [0.1, 0.15) is 16.8 Å². The Hall–Kier alpha value is -2.61. The van der Waals surface area contributed by atoms with Gasteiger partial charge in [-0.05, 0) is 18.2 Å². The van der Waals surface area contributed by atoms with Crippen LogP contribution in [0.3, 0.4) is 0 Å². The maximum Gasteiger partial charge on any atom is 0.258 e. The van der Waals surface area contributed by atoms with Crippen molar-refractivity contribution in [2.24, 2.45) is 0 Å². The maximum absolute atomic E-state index is 13.5. The number of benzene rings is 2. The van der Waals surface area contributed by atoms with Gasteiger partial charge < -0.3 is 14.5 Å². The lowest BCUT2D eigenvalue weighted by molar-refractivity contribution is -0.128. The molecule has 1 aromatic heterocycles. The van der Waals surface area contributed by atoms with Crippen LogP contribution < -0.4 is 4.74 Å². The average Bonchev–Trinajstić information content (AvgIpc) is 3.28. The summed E-state index contributed by atoms with van der Waals surface area (Å²) in [5, 5.41) is 0.670. The number of para-hydroxylation sites is 1. The highest BCUT2D eigenvalue weighted by molar-refractivity contribution is 7.16. The number of halogens is 2. The molecule has 32 heavy (non-hydrogen) atoms. The number of hydrogen-bond donors (Lipinski definition) is 0. The standard InChI is InChI=1S/C23H19Cl2N3O3S/c1-2-18(29)27-7-8-28-13(11-27)6-9-31-22-15(23(28)30)10-16(24)19(20(22)25)14-4-3-5-17-21(14)26-12-32-17/h2-5,10,12-13H,1,6-9,11H2. The third kappa shape index (κ3) is 3.45. The molecule has 3 aromatic rings. The molecular weight excluding hydrogens is 469 g/mol. The summed E-state index contributed by atoms with van der Waals surface area (Å²) in [5.41, 5.74) is 4.33. The van der Waals surface area contributed by atoms with Crippen molar-refractivity contribution in [1.82, 2.24) is 14.8 Å². The number of hydrogen-bond acceptors (Lipinski definition) is 5. The fourth-order valence-electron chi connectivity index (χ4n) is 4.39. The van der Waals surface area contributed by atoms with Crippen molar-refractivity contribution in [2.75, 3.05) is 26.2 Å². The molecule has 0 aliphatic carbocycles. The minimum Gasteiger partial charge on any atom is -0.491 e. The second-order valence-electron chi connectivity index (χ2n) is 7.71. The van der Waals surface area contributed by atoms with Crippen LogP contribution in [0.2, 0.25) is 10.0 Å². The highest BCUT2D eigenvalue weighted by Gasteiger charge is 2.36. The Morgan fingerprint density at radius 2 is 2.12 bits per heavy atom. The molecule has 2 aliphatic rings. The molecule has 0 N–H and O–H groups in total. The zero-order chi connectivity index (χ0) is 22.4. The van der Waals surface area contributed by atoms with Gasteiger partial charge in [-0.15, -0.1) is 11.3 Å². The van der Waals surface area contributed by atoms with Gasteiger partial charge in [0.2, 0.25) is 5.91 Å². The Bertz CT molecular complexity index is 1260. The average molecular weight is 488 g/mol. The van der Waals surface area contributed by atoms with Gasteiger partial charge in [0.1, 0.15) is 0 Å². The molecule has 3 heterocycles. The molecule has 2 amide bonds. The number of aromatic nitrogens is 1. The number of thiazole rings is 1. The normalized spacial score (nSPS) is 18.4. The second kappa shape index (κ2) is 8.39. The van der Waals surface area contributed by atoms with E-state index in [1.165, 1.54) is 17.4 Å². The van der Waals surface area contributed by atoms with E-state index in [2.05, 4.69) is 11.6 Å². The van der Waals surface area contributed by atoms with Crippen LogP contribution in [-0.4, -0.2) is 58.9 Å². The molecule has 0 bridgehead atoms. The molecular formula is C23H19Cl2N3O3S. The van der Waals surface area contributed by atoms with Crippen molar-refractivity contribution in [3.8, 4) is 16.9 Å². The van der Waals surface area contributed by atoms with Crippen LogP contribution in [0.4, 0.5) is 0 Å². The first-order valence-corrected chi connectivity index (χ1v) is 11.8. The van der Waals surface area contributed by atoms with E-state index in [-0.39, 0.29) is 17.9 Å². The summed E-state index contributed by atoms with van der Waals surface area (Å²) in [6.45, 7) is 5.24. The molecule has 0 spiro atoms. The van der Waals surface area contributed by atoms with Gasteiger partial charge in [0.15, 0.2) is 5.75 Å². The fourth-order valence-corrected chi connectivity index (χ4v) is 5.80. The van der Waals surface area contributed by atoms with Gasteiger partial charge >= 0.3 is 0 Å². The minimum absolute atomic E-state index is 0.132. The molecule has 0 saturated carbocycles. The van der Waals surface area contributed by atoms with Crippen LogP contribution in [-0.2, 0) is 4.79 Å². The molecule has 2 aromatic carbocycles. The number of ether oxygens (including phenoxy) is 1. The molecule has 2 aliphatic heterocycles. The molecule has 1 saturated heterocycles. The van der Waals surface area contributed by atoms with E-state index in [1.54, 1.807) is 21.4 Å². The third-order valence-electron chi connectivity index (χ3n) is 5.96. The number of rotatable bonds is 2. The van der Waals surface area contributed by atoms with Crippen molar-refractivity contribution in [1.29, 1.82) is 0 Å². The van der Waals surface area contributed by atoms with E-state index in [0.29, 0.717) is 59.6 Å². The van der Waals surface area contributed by atoms with Gasteiger partial charge in [-0.25, -0.2) is 4.98 Å². The first-order valence-electron chi connectivity index (χ1n) is 10.2. The molecule has 1 unspecified atom stereocenters. The summed E-state index contributed by atoms with van der Waals surface area (Å²) in [5.74, 6) is 0.0105. The van der Waals surface area contributed by atoms with Crippen molar-refractivity contribution in [2.45, 2.75) is 12.5 Å². The molecule has 164 valence electrons. The first kappa shape index (κ1) is 21.2. The van der Waals surface area contributed by atoms with E-state index >= 15 is 0 Å². The van der Waals surface area contributed by atoms with Gasteiger partial charge in [0.05, 0.1) is 44.0 Å². The smallest absolute Gasteiger partial charge is 0.258 e. The number of piperazine rings is 1. The first-order chi connectivity index (χ1) is 15.5. The van der Waals surface area contributed by atoms with Gasteiger partial charge in [-0.1, -0.05) is 41.9 Å². The monoisotopic (exact) mass is 487 g/mol. The van der Waals surface area contributed by atoms with Crippen LogP contribution in [0.5, 0.6) is 5.75 Å². The van der Waals surface area contributed by atoms with Gasteiger partial charge in [-0.2, -0.15) is 0 Å². The third-order valence-corrected chi connectivity index (χ3v) is 7.41. The van der Waals surface area contributed by atoms with E-state index < -0.39 is 0 Å². The van der Waals surface area contributed by atoms with Crippen molar-refractivity contribution < 1.29 is 14.3 Å². The van der Waals surface area contributed by atoms with Crippen LogP contribution in [0, 0.1) is 0 Å². The Labute approximate surface area is 199 Å². The lowest BCUT2D eigenvalue weighted by Gasteiger charge is -2.42. The summed E-state index contributed by atoms with van der Waals surface area (Å²) >= 11 is 15.0. The minimum atomic E-state index is -0.197. The van der Waals surface area contributed by atoms with E-state index in [0.717, 1.165) is 15.8 Å². The number of amides is 2. The largest absolute Gasteiger partial charge is 0.491 e. The van der Waals surface area contributed by atoms with Gasteiger partial charge in [-0.3, -0.25) is 9.59 Å². The molecule has 6 nitrogen and oxygen atoms in total. The van der Waals surface area contributed by atoms with E-state index in [9.17, 15) is 9.59 Å². The quantitative estimate of drug-likeness (QED) is 0.482. The Morgan fingerprint density at radius 3 is 2.94 bits per heavy atom. The maximum atomic E-state index is 13.5. The number of carbonyl (C=O) groups excluding carboxylic acids is 2. The van der Waals surface area contributed by atoms with Crippen LogP contribution >= 0.6 is 34.5 Å². The predicted octanol–water partition coefficient (Wildman–Crippen LogP) is 4.89. The zero-order valence-electron chi connectivity index (χ0n) is 17.0. The van der Waals surface area contributed by atoms with Crippen molar-refractivity contribution in [3.63, 3.8) is 0 Å². The van der Waals surface area contributed by atoms with Crippen molar-refractivity contribution in [3.05, 3.63) is 58.0 Å².